The Morgan fingerprint density at radius 2 is 2.05 bits per heavy atom. The number of fused-ring (bicyclic) bond motifs is 6. The van der Waals surface area contributed by atoms with Crippen molar-refractivity contribution in [2.24, 2.45) is 23.2 Å². The molecule has 1 aromatic heterocycles. The van der Waals surface area contributed by atoms with Gasteiger partial charge in [-0.15, -0.1) is 0 Å². The van der Waals surface area contributed by atoms with Gasteiger partial charge in [0, 0.05) is 41.9 Å². The van der Waals surface area contributed by atoms with E-state index in [1.807, 2.05) is 0 Å². The standard InChI is InChI=1S/C35H44N2O3/c1-22-7-6-9-28-25(21-37-34(22)28)16-18-36-32(39)10-5-4-8-24-20-31(38)35(2)17-15-29-27-14-12-26(40-3)19-23(27)11-13-30(29)33(24)35/h6-7,9,12,14,19,21,24,29-30,33,37H,4-5,8,10-11,13,15-18,20H2,1-3H3,(H,36,39)/t24-,29?,30?,33?,35-/m1/s1. The molecule has 3 unspecified atom stereocenters. The quantitative estimate of drug-likeness (QED) is 0.286. The molecule has 212 valence electrons. The number of benzene rings is 2. The number of Topliss-reactive ketones (excluding diaryl/α,β-unsaturated/α-hetero) is 1. The Morgan fingerprint density at radius 3 is 2.90 bits per heavy atom. The van der Waals surface area contributed by atoms with Gasteiger partial charge in [-0.05, 0) is 110 Å². The summed E-state index contributed by atoms with van der Waals surface area (Å²) in [6, 6.07) is 13.0. The molecule has 1 heterocycles. The van der Waals surface area contributed by atoms with Gasteiger partial charge in [-0.3, -0.25) is 9.59 Å². The number of para-hydroxylation sites is 1. The molecule has 2 aromatic carbocycles. The largest absolute Gasteiger partial charge is 0.497 e. The Bertz CT molecular complexity index is 1410. The predicted molar refractivity (Wildman–Crippen MR) is 160 cm³/mol. The predicted octanol–water partition coefficient (Wildman–Crippen LogP) is 7.06. The maximum Gasteiger partial charge on any atom is 0.220 e. The second-order valence-corrected chi connectivity index (χ2v) is 12.9. The van der Waals surface area contributed by atoms with Gasteiger partial charge in [0.05, 0.1) is 7.11 Å². The molecule has 0 radical (unpaired) electrons. The SMILES string of the molecule is COc1ccc2c(c1)CCC1C2CC[C@]2(C)C(=O)C[C@@H](CCCCC(=O)NCCc3c[nH]c4c(C)cccc34)C12. The average Bonchev–Trinajstić information content (AvgIpc) is 3.49. The minimum atomic E-state index is -0.159. The van der Waals surface area contributed by atoms with Gasteiger partial charge >= 0.3 is 0 Å². The molecule has 3 aliphatic carbocycles. The zero-order valence-electron chi connectivity index (χ0n) is 24.4. The van der Waals surface area contributed by atoms with E-state index < -0.39 is 0 Å². The molecule has 0 bridgehead atoms. The summed E-state index contributed by atoms with van der Waals surface area (Å²) in [5, 5.41) is 4.37. The number of methoxy groups -OCH3 is 1. The Balaban J connectivity index is 1.01. The highest BCUT2D eigenvalue weighted by molar-refractivity contribution is 5.88. The molecular formula is C35H44N2O3. The first-order chi connectivity index (χ1) is 19.4. The maximum absolute atomic E-state index is 13.3. The van der Waals surface area contributed by atoms with Crippen LogP contribution in [-0.2, 0) is 22.4 Å². The van der Waals surface area contributed by atoms with Crippen LogP contribution in [0.25, 0.3) is 10.9 Å². The molecule has 2 saturated carbocycles. The van der Waals surface area contributed by atoms with Gasteiger partial charge in [0.1, 0.15) is 11.5 Å². The van der Waals surface area contributed by atoms with E-state index in [2.05, 4.69) is 66.7 Å². The number of amides is 1. The first kappa shape index (κ1) is 27.1. The Labute approximate surface area is 238 Å². The fraction of sp³-hybridized carbons (Fsp3) is 0.543. The number of aromatic amines is 1. The van der Waals surface area contributed by atoms with Crippen molar-refractivity contribution in [2.45, 2.75) is 84.0 Å². The second kappa shape index (κ2) is 11.1. The van der Waals surface area contributed by atoms with Crippen LogP contribution < -0.4 is 10.1 Å². The van der Waals surface area contributed by atoms with Gasteiger partial charge < -0.3 is 15.0 Å². The zero-order chi connectivity index (χ0) is 27.9. The normalized spacial score (nSPS) is 27.2. The van der Waals surface area contributed by atoms with E-state index in [0.717, 1.165) is 57.1 Å². The summed E-state index contributed by atoms with van der Waals surface area (Å²) in [7, 11) is 1.74. The topological polar surface area (TPSA) is 71.2 Å². The lowest BCUT2D eigenvalue weighted by atomic mass is 9.54. The number of aromatic nitrogens is 1. The van der Waals surface area contributed by atoms with Crippen LogP contribution in [0.2, 0.25) is 0 Å². The Hall–Kier alpha value is -3.08. The number of ketones is 1. The highest BCUT2D eigenvalue weighted by Crippen LogP contribution is 2.62. The lowest BCUT2D eigenvalue weighted by Crippen LogP contribution is -2.44. The van der Waals surface area contributed by atoms with E-state index in [0.29, 0.717) is 42.4 Å². The molecule has 0 saturated heterocycles. The molecule has 40 heavy (non-hydrogen) atoms. The molecule has 3 aliphatic rings. The molecular weight excluding hydrogens is 496 g/mol. The molecule has 5 heteroatoms. The van der Waals surface area contributed by atoms with Gasteiger partial charge in [0.15, 0.2) is 0 Å². The van der Waals surface area contributed by atoms with Crippen molar-refractivity contribution in [1.82, 2.24) is 10.3 Å². The van der Waals surface area contributed by atoms with E-state index in [1.54, 1.807) is 7.11 Å². The highest BCUT2D eigenvalue weighted by Gasteiger charge is 2.58. The van der Waals surface area contributed by atoms with Crippen LogP contribution in [0.3, 0.4) is 0 Å². The van der Waals surface area contributed by atoms with Crippen LogP contribution >= 0.6 is 0 Å². The van der Waals surface area contributed by atoms with Crippen LogP contribution in [0, 0.1) is 30.1 Å². The van der Waals surface area contributed by atoms with Crippen molar-refractivity contribution in [3.8, 4) is 5.75 Å². The van der Waals surface area contributed by atoms with E-state index in [9.17, 15) is 9.59 Å². The number of hydrogen-bond acceptors (Lipinski definition) is 3. The van der Waals surface area contributed by atoms with Crippen LogP contribution in [-0.4, -0.2) is 30.3 Å². The number of H-pyrrole nitrogens is 1. The highest BCUT2D eigenvalue weighted by atomic mass is 16.5. The summed E-state index contributed by atoms with van der Waals surface area (Å²) < 4.78 is 5.49. The minimum Gasteiger partial charge on any atom is -0.497 e. The van der Waals surface area contributed by atoms with Gasteiger partial charge in [-0.25, -0.2) is 0 Å². The monoisotopic (exact) mass is 540 g/mol. The molecule has 6 rings (SSSR count). The Kier molecular flexibility index (Phi) is 7.50. The van der Waals surface area contributed by atoms with Gasteiger partial charge in [-0.2, -0.15) is 0 Å². The smallest absolute Gasteiger partial charge is 0.220 e. The number of unbranched alkanes of at least 4 members (excludes halogenated alkanes) is 1. The third-order valence-electron chi connectivity index (χ3n) is 10.7. The van der Waals surface area contributed by atoms with Crippen LogP contribution in [0.4, 0.5) is 0 Å². The van der Waals surface area contributed by atoms with Gasteiger partial charge in [0.25, 0.3) is 0 Å². The summed E-state index contributed by atoms with van der Waals surface area (Å²) in [4.78, 5) is 29.3. The van der Waals surface area contributed by atoms with Gasteiger partial charge in [-0.1, -0.05) is 37.6 Å². The summed E-state index contributed by atoms with van der Waals surface area (Å²) in [5.74, 6) is 3.66. The first-order valence-electron chi connectivity index (χ1n) is 15.4. The molecule has 5 atom stereocenters. The third kappa shape index (κ3) is 4.86. The van der Waals surface area contributed by atoms with Crippen molar-refractivity contribution in [3.63, 3.8) is 0 Å². The second-order valence-electron chi connectivity index (χ2n) is 12.9. The fourth-order valence-corrected chi connectivity index (χ4v) is 8.70. The number of ether oxygens (including phenoxy) is 1. The lowest BCUT2D eigenvalue weighted by molar-refractivity contribution is -0.129. The molecule has 3 aromatic rings. The zero-order valence-corrected chi connectivity index (χ0v) is 24.4. The number of rotatable bonds is 9. The van der Waals surface area contributed by atoms with E-state index in [4.69, 9.17) is 4.74 Å². The van der Waals surface area contributed by atoms with Crippen molar-refractivity contribution in [3.05, 3.63) is 64.8 Å². The molecule has 0 aliphatic heterocycles. The Morgan fingerprint density at radius 1 is 1.18 bits per heavy atom. The van der Waals surface area contributed by atoms with Crippen molar-refractivity contribution >= 4 is 22.6 Å². The number of carbonyl (C=O) groups is 2. The van der Waals surface area contributed by atoms with Crippen molar-refractivity contribution in [1.29, 1.82) is 0 Å². The van der Waals surface area contributed by atoms with Crippen LogP contribution in [0.15, 0.2) is 42.6 Å². The number of nitrogens with one attached hydrogen (secondary N) is 2. The number of aryl methyl sites for hydroxylation is 2. The fourth-order valence-electron chi connectivity index (χ4n) is 8.70. The molecule has 2 N–H and O–H groups in total. The third-order valence-corrected chi connectivity index (χ3v) is 10.7. The van der Waals surface area contributed by atoms with Crippen molar-refractivity contribution in [2.75, 3.05) is 13.7 Å². The summed E-state index contributed by atoms with van der Waals surface area (Å²) in [6.07, 6.45) is 11.6. The molecule has 5 nitrogen and oxygen atoms in total. The number of carbonyl (C=O) groups excluding carboxylic acids is 2. The van der Waals surface area contributed by atoms with Crippen molar-refractivity contribution < 1.29 is 14.3 Å². The summed E-state index contributed by atoms with van der Waals surface area (Å²) in [5.41, 5.74) is 6.46. The molecule has 0 spiro atoms. The average molecular weight is 541 g/mol. The summed E-state index contributed by atoms with van der Waals surface area (Å²) in [6.45, 7) is 5.04. The lowest BCUT2D eigenvalue weighted by Gasteiger charge is -2.50. The van der Waals surface area contributed by atoms with E-state index >= 15 is 0 Å². The van der Waals surface area contributed by atoms with E-state index in [1.165, 1.54) is 39.6 Å². The van der Waals surface area contributed by atoms with Crippen LogP contribution in [0.5, 0.6) is 5.75 Å². The molecule has 1 amide bonds. The molecule has 2 fully saturated rings. The first-order valence-corrected chi connectivity index (χ1v) is 15.4. The van der Waals surface area contributed by atoms with Gasteiger partial charge in [0.2, 0.25) is 5.91 Å². The van der Waals surface area contributed by atoms with Crippen LogP contribution in [0.1, 0.15) is 86.5 Å². The minimum absolute atomic E-state index is 0.139. The van der Waals surface area contributed by atoms with E-state index in [-0.39, 0.29) is 11.3 Å². The maximum atomic E-state index is 13.3. The number of hydrogen-bond donors (Lipinski definition) is 2. The summed E-state index contributed by atoms with van der Waals surface area (Å²) >= 11 is 0.